The Hall–Kier alpha value is -0.550. The smallest absolute Gasteiger partial charge is 0.215 e. The van der Waals surface area contributed by atoms with Crippen LogP contribution in [0.25, 0.3) is 5.84 Å². The van der Waals surface area contributed by atoms with Crippen LogP contribution in [-0.4, -0.2) is 33.8 Å². The molecule has 1 aliphatic heterocycles. The fourth-order valence-corrected chi connectivity index (χ4v) is 1.20. The van der Waals surface area contributed by atoms with Crippen LogP contribution in [-0.2, 0) is 4.74 Å². The van der Waals surface area contributed by atoms with Gasteiger partial charge in [-0.25, -0.2) is 0 Å². The number of thioether (sulfide) groups is 1. The van der Waals surface area contributed by atoms with E-state index in [0.29, 0.717) is 5.75 Å². The Kier molecular flexibility index (Phi) is 2.29. The molecule has 1 atom stereocenters. The fourth-order valence-electron chi connectivity index (χ4n) is 0.670. The second-order valence-electron chi connectivity index (χ2n) is 1.91. The van der Waals surface area contributed by atoms with Crippen LogP contribution >= 0.6 is 11.8 Å². The molecule has 0 amide bonds. The van der Waals surface area contributed by atoms with Crippen molar-refractivity contribution in [2.45, 2.75) is 6.10 Å². The zero-order valence-corrected chi connectivity index (χ0v) is 6.39. The Labute approximate surface area is 63.6 Å². The average molecular weight is 161 g/mol. The van der Waals surface area contributed by atoms with Crippen LogP contribution < -0.4 is 0 Å². The first-order valence-electron chi connectivity index (χ1n) is 2.79. The van der Waals surface area contributed by atoms with Gasteiger partial charge in [-0.3, -0.25) is 0 Å². The van der Waals surface area contributed by atoms with E-state index in [0.717, 1.165) is 4.68 Å². The minimum Gasteiger partial charge on any atom is -0.546 e. The molecule has 10 heavy (non-hydrogen) atoms. The molecule has 0 aromatic rings. The maximum Gasteiger partial charge on any atom is 0.215 e. The summed E-state index contributed by atoms with van der Waals surface area (Å²) in [6.45, 7) is 1.19. The van der Waals surface area contributed by atoms with Crippen LogP contribution in [0.4, 0.5) is 0 Å². The molecule has 1 unspecified atom stereocenters. The molecule has 1 aliphatic rings. The van der Waals surface area contributed by atoms with Crippen molar-refractivity contribution in [1.82, 2.24) is 0 Å². The fraction of sp³-hybridized carbons (Fsp3) is 0.600. The summed E-state index contributed by atoms with van der Waals surface area (Å²) < 4.78 is 5.76. The Bertz CT molecular complexity index is 160. The van der Waals surface area contributed by atoms with Gasteiger partial charge in [-0.05, 0) is 6.26 Å². The van der Waals surface area contributed by atoms with E-state index in [-0.39, 0.29) is 12.0 Å². The van der Waals surface area contributed by atoms with Gasteiger partial charge in [-0.2, -0.15) is 11.8 Å². The Morgan fingerprint density at radius 1 is 2.00 bits per heavy atom. The third-order valence-electron chi connectivity index (χ3n) is 1.18. The standard InChI is InChI=1S/C5H9N2O2S/c1-10-2-4-5(8)7(6)3-9-4/h3-4,6,8H,2H2,1H3/q-1. The molecule has 0 saturated heterocycles. The highest BCUT2D eigenvalue weighted by Crippen LogP contribution is 2.10. The number of nitrogens with one attached hydrogen (secondary N) is 1. The third kappa shape index (κ3) is 1.30. The second-order valence-corrected chi connectivity index (χ2v) is 2.82. The summed E-state index contributed by atoms with van der Waals surface area (Å²) >= 11 is 1.57. The van der Waals surface area contributed by atoms with Crippen molar-refractivity contribution < 1.29 is 14.5 Å². The first kappa shape index (κ1) is 7.56. The van der Waals surface area contributed by atoms with Gasteiger partial charge in [0, 0.05) is 5.75 Å². The summed E-state index contributed by atoms with van der Waals surface area (Å²) in [5, 5.41) is 9.07. The van der Waals surface area contributed by atoms with Crippen LogP contribution in [0.3, 0.4) is 0 Å². The summed E-state index contributed by atoms with van der Waals surface area (Å²) in [6.07, 6.45) is 1.59. The van der Waals surface area contributed by atoms with Crippen LogP contribution in [0.1, 0.15) is 0 Å². The largest absolute Gasteiger partial charge is 0.546 e. The average Bonchev–Trinajstić information content (AvgIpc) is 2.20. The van der Waals surface area contributed by atoms with Crippen LogP contribution in [0.15, 0.2) is 0 Å². The van der Waals surface area contributed by atoms with Gasteiger partial charge in [0.05, 0.1) is 0 Å². The lowest BCUT2D eigenvalue weighted by Crippen LogP contribution is -2.22. The van der Waals surface area contributed by atoms with E-state index in [1.807, 2.05) is 6.26 Å². The van der Waals surface area contributed by atoms with E-state index in [1.165, 1.54) is 6.73 Å². The molecule has 0 bridgehead atoms. The summed E-state index contributed by atoms with van der Waals surface area (Å²) in [7, 11) is 0. The molecule has 4 nitrogen and oxygen atoms in total. The molecule has 0 saturated carbocycles. The predicted octanol–water partition coefficient (Wildman–Crippen LogP) is 0.804. The van der Waals surface area contributed by atoms with Crippen molar-refractivity contribution in [3.63, 3.8) is 0 Å². The normalized spacial score (nSPS) is 25.1. The van der Waals surface area contributed by atoms with Gasteiger partial charge in [0.1, 0.15) is 12.8 Å². The van der Waals surface area contributed by atoms with Gasteiger partial charge in [0.25, 0.3) is 0 Å². The van der Waals surface area contributed by atoms with E-state index < -0.39 is 0 Å². The maximum atomic E-state index is 9.07. The first-order valence-corrected chi connectivity index (χ1v) is 4.19. The predicted molar refractivity (Wildman–Crippen MR) is 39.8 cm³/mol. The van der Waals surface area contributed by atoms with Gasteiger partial charge in [-0.15, -0.1) is 0 Å². The van der Waals surface area contributed by atoms with Gasteiger partial charge < -0.3 is 20.4 Å². The zero-order valence-electron chi connectivity index (χ0n) is 5.57. The lowest BCUT2D eigenvalue weighted by Gasteiger charge is -2.07. The Balaban J connectivity index is 2.50. The maximum absolute atomic E-state index is 9.07. The number of ether oxygens (including phenoxy) is 1. The molecule has 0 aromatic carbocycles. The summed E-state index contributed by atoms with van der Waals surface area (Å²) in [4.78, 5) is 0. The summed E-state index contributed by atoms with van der Waals surface area (Å²) in [5.41, 5.74) is 0. The zero-order chi connectivity index (χ0) is 7.56. The van der Waals surface area contributed by atoms with Crippen molar-refractivity contribution >= 4 is 17.7 Å². The molecule has 0 aliphatic carbocycles. The number of nitrogens with zero attached hydrogens (tertiary/aromatic N) is 1. The molecule has 1 heterocycles. The molecular weight excluding hydrogens is 152 g/mol. The van der Waals surface area contributed by atoms with E-state index >= 15 is 0 Å². The molecule has 0 spiro atoms. The number of rotatable bonds is 2. The number of hydrogen-bond acceptors (Lipinski definition) is 2. The van der Waals surface area contributed by atoms with Gasteiger partial charge in [0.15, 0.2) is 0 Å². The van der Waals surface area contributed by atoms with E-state index in [2.05, 4.69) is 0 Å². The highest BCUT2D eigenvalue weighted by Gasteiger charge is 2.19. The summed E-state index contributed by atoms with van der Waals surface area (Å²) in [5.74, 6) is 7.65. The molecule has 58 valence electrons. The van der Waals surface area contributed by atoms with Gasteiger partial charge >= 0.3 is 0 Å². The molecule has 5 heteroatoms. The lowest BCUT2D eigenvalue weighted by molar-refractivity contribution is -0.442. The van der Waals surface area contributed by atoms with Gasteiger partial charge in [0.2, 0.25) is 5.90 Å². The highest BCUT2D eigenvalue weighted by molar-refractivity contribution is 7.98. The van der Waals surface area contributed by atoms with E-state index in [1.54, 1.807) is 11.8 Å². The molecule has 1 rings (SSSR count). The number of hydrogen-bond donors (Lipinski definition) is 1. The quantitative estimate of drug-likeness (QED) is 0.481. The monoisotopic (exact) mass is 161 g/mol. The number of aliphatic hydroxyl groups is 1. The van der Waals surface area contributed by atoms with Crippen LogP contribution in [0.5, 0.6) is 0 Å². The van der Waals surface area contributed by atoms with Crippen molar-refractivity contribution in [3.8, 4) is 0 Å². The molecule has 2 N–H and O–H groups in total. The second kappa shape index (κ2) is 3.03. The topological polar surface area (TPSA) is 56.3 Å². The molecule has 0 fully saturated rings. The Morgan fingerprint density at radius 2 is 2.70 bits per heavy atom. The first-order chi connectivity index (χ1) is 4.75. The highest BCUT2D eigenvalue weighted by atomic mass is 32.2. The van der Waals surface area contributed by atoms with Gasteiger partial charge in [-0.1, -0.05) is 0 Å². The number of aliphatic hydroxyl groups excluding tert-OH is 1. The molecule has 0 radical (unpaired) electrons. The van der Waals surface area contributed by atoms with Crippen LogP contribution in [0, 0.1) is 6.73 Å². The summed E-state index contributed by atoms with van der Waals surface area (Å²) in [6, 6.07) is 0. The third-order valence-corrected chi connectivity index (χ3v) is 1.82. The van der Waals surface area contributed by atoms with Crippen LogP contribution in [0.2, 0.25) is 0 Å². The minimum absolute atomic E-state index is 0.0330. The van der Waals surface area contributed by atoms with Crippen molar-refractivity contribution in [2.75, 3.05) is 12.0 Å². The van der Waals surface area contributed by atoms with Crippen molar-refractivity contribution in [2.24, 2.45) is 0 Å². The SMILES string of the molecule is CSCC1O[CH-][N+]([NH-])=C1O. The van der Waals surface area contributed by atoms with E-state index in [4.69, 9.17) is 15.7 Å². The van der Waals surface area contributed by atoms with Crippen molar-refractivity contribution in [3.05, 3.63) is 12.6 Å². The molecular formula is C5H9N2O2S-. The minimum atomic E-state index is -0.326. The van der Waals surface area contributed by atoms with E-state index in [9.17, 15) is 0 Å². The Morgan fingerprint density at radius 3 is 3.10 bits per heavy atom. The lowest BCUT2D eigenvalue weighted by atomic mass is 10.4. The van der Waals surface area contributed by atoms with Crippen molar-refractivity contribution in [1.29, 1.82) is 0 Å². The molecule has 0 aromatic heterocycles.